The molecule has 1 aromatic rings. The van der Waals surface area contributed by atoms with Gasteiger partial charge in [0.05, 0.1) is 12.1 Å². The quantitative estimate of drug-likeness (QED) is 0.729. The van der Waals surface area contributed by atoms with E-state index in [0.717, 1.165) is 12.1 Å². The molecular weight excluding hydrogens is 176 g/mol. The molecule has 4 heteroatoms. The van der Waals surface area contributed by atoms with E-state index in [1.54, 1.807) is 0 Å². The first-order chi connectivity index (χ1) is 5.97. The Morgan fingerprint density at radius 3 is 2.54 bits per heavy atom. The Labute approximate surface area is 75.0 Å². The van der Waals surface area contributed by atoms with Gasteiger partial charge in [0.15, 0.2) is 0 Å². The second-order valence-corrected chi connectivity index (χ2v) is 3.20. The van der Waals surface area contributed by atoms with Crippen LogP contribution in [0.25, 0.3) is 0 Å². The summed E-state index contributed by atoms with van der Waals surface area (Å²) in [7, 11) is 0. The Morgan fingerprint density at radius 1 is 1.46 bits per heavy atom. The molecule has 0 bridgehead atoms. The molecule has 0 aliphatic rings. The van der Waals surface area contributed by atoms with E-state index in [0.29, 0.717) is 0 Å². The van der Waals surface area contributed by atoms with Crippen molar-refractivity contribution in [1.29, 1.82) is 0 Å². The first kappa shape index (κ1) is 10.1. The minimum absolute atomic E-state index is 0.108. The van der Waals surface area contributed by atoms with Crippen LogP contribution in [0.1, 0.15) is 12.5 Å². The molecule has 0 saturated heterocycles. The molecular formula is C9H11F2NO. The molecule has 0 amide bonds. The lowest BCUT2D eigenvalue weighted by molar-refractivity contribution is 0.206. The van der Waals surface area contributed by atoms with Gasteiger partial charge in [-0.25, -0.2) is 8.78 Å². The number of aliphatic hydroxyl groups excluding tert-OH is 1. The van der Waals surface area contributed by atoms with Gasteiger partial charge >= 0.3 is 0 Å². The van der Waals surface area contributed by atoms with Crippen LogP contribution in [-0.4, -0.2) is 11.7 Å². The van der Waals surface area contributed by atoms with E-state index in [1.165, 1.54) is 13.0 Å². The van der Waals surface area contributed by atoms with Crippen LogP contribution in [0, 0.1) is 11.6 Å². The van der Waals surface area contributed by atoms with Crippen LogP contribution in [-0.2, 0) is 5.54 Å². The summed E-state index contributed by atoms with van der Waals surface area (Å²) in [6.45, 7) is 1.08. The predicted octanol–water partition coefficient (Wildman–Crippen LogP) is 1.13. The molecule has 2 nitrogen and oxygen atoms in total. The molecule has 0 aromatic heterocycles. The Morgan fingerprint density at radius 2 is 2.08 bits per heavy atom. The normalized spacial score (nSPS) is 15.5. The van der Waals surface area contributed by atoms with Crippen molar-refractivity contribution in [3.05, 3.63) is 35.4 Å². The Kier molecular flexibility index (Phi) is 2.63. The zero-order valence-electron chi connectivity index (χ0n) is 7.22. The molecule has 1 aromatic carbocycles. The smallest absolute Gasteiger partial charge is 0.131 e. The van der Waals surface area contributed by atoms with Gasteiger partial charge in [-0.05, 0) is 13.0 Å². The average Bonchev–Trinajstić information content (AvgIpc) is 2.03. The van der Waals surface area contributed by atoms with Gasteiger partial charge in [-0.3, -0.25) is 0 Å². The predicted molar refractivity (Wildman–Crippen MR) is 45.0 cm³/mol. The van der Waals surface area contributed by atoms with Gasteiger partial charge in [-0.15, -0.1) is 0 Å². The highest BCUT2D eigenvalue weighted by Gasteiger charge is 2.23. The van der Waals surface area contributed by atoms with E-state index in [-0.39, 0.29) is 5.56 Å². The summed E-state index contributed by atoms with van der Waals surface area (Å²) < 4.78 is 25.6. The van der Waals surface area contributed by atoms with Gasteiger partial charge in [0.1, 0.15) is 11.6 Å². The molecule has 0 radical (unpaired) electrons. The summed E-state index contributed by atoms with van der Waals surface area (Å²) in [5, 5.41) is 8.86. The van der Waals surface area contributed by atoms with Gasteiger partial charge < -0.3 is 10.8 Å². The van der Waals surface area contributed by atoms with Gasteiger partial charge in [-0.2, -0.15) is 0 Å². The van der Waals surface area contributed by atoms with Crippen molar-refractivity contribution < 1.29 is 13.9 Å². The second-order valence-electron chi connectivity index (χ2n) is 3.20. The van der Waals surface area contributed by atoms with Crippen LogP contribution in [0.4, 0.5) is 8.78 Å². The summed E-state index contributed by atoms with van der Waals surface area (Å²) in [6, 6.07) is 3.09. The third kappa shape index (κ3) is 2.02. The molecule has 1 rings (SSSR count). The minimum atomic E-state index is -1.17. The summed E-state index contributed by atoms with van der Waals surface area (Å²) >= 11 is 0. The monoisotopic (exact) mass is 187 g/mol. The lowest BCUT2D eigenvalue weighted by atomic mass is 9.94. The minimum Gasteiger partial charge on any atom is -0.394 e. The van der Waals surface area contributed by atoms with Gasteiger partial charge in [-0.1, -0.05) is 6.07 Å². The summed E-state index contributed by atoms with van der Waals surface area (Å²) in [5.41, 5.74) is 4.51. The van der Waals surface area contributed by atoms with Crippen molar-refractivity contribution in [2.75, 3.05) is 6.61 Å². The zero-order chi connectivity index (χ0) is 10.1. The van der Waals surface area contributed by atoms with Gasteiger partial charge in [0.25, 0.3) is 0 Å². The SMILES string of the molecule is C[C@](N)(CO)c1ccc(F)cc1F. The van der Waals surface area contributed by atoms with E-state index in [9.17, 15) is 8.78 Å². The molecule has 72 valence electrons. The van der Waals surface area contributed by atoms with E-state index >= 15 is 0 Å². The average molecular weight is 187 g/mol. The Balaban J connectivity index is 3.16. The van der Waals surface area contributed by atoms with Crippen LogP contribution < -0.4 is 5.73 Å². The molecule has 0 aliphatic heterocycles. The van der Waals surface area contributed by atoms with E-state index in [2.05, 4.69) is 0 Å². The number of halogens is 2. The maximum atomic E-state index is 13.1. The van der Waals surface area contributed by atoms with Gasteiger partial charge in [0.2, 0.25) is 0 Å². The molecule has 0 fully saturated rings. The summed E-state index contributed by atoms with van der Waals surface area (Å²) in [4.78, 5) is 0. The lowest BCUT2D eigenvalue weighted by Gasteiger charge is -2.22. The molecule has 0 spiro atoms. The second kappa shape index (κ2) is 3.40. The number of benzene rings is 1. The molecule has 0 saturated carbocycles. The molecule has 0 aliphatic carbocycles. The third-order valence-corrected chi connectivity index (χ3v) is 1.87. The molecule has 0 heterocycles. The van der Waals surface area contributed by atoms with E-state index in [1.807, 2.05) is 0 Å². The van der Waals surface area contributed by atoms with Crippen LogP contribution in [0.2, 0.25) is 0 Å². The first-order valence-corrected chi connectivity index (χ1v) is 3.82. The van der Waals surface area contributed by atoms with Crippen molar-refractivity contribution in [3.63, 3.8) is 0 Å². The van der Waals surface area contributed by atoms with E-state index < -0.39 is 23.8 Å². The van der Waals surface area contributed by atoms with Crippen molar-refractivity contribution in [3.8, 4) is 0 Å². The number of nitrogens with two attached hydrogens (primary N) is 1. The van der Waals surface area contributed by atoms with Crippen molar-refractivity contribution in [1.82, 2.24) is 0 Å². The third-order valence-electron chi connectivity index (χ3n) is 1.87. The summed E-state index contributed by atoms with van der Waals surface area (Å²) in [5.74, 6) is -1.39. The first-order valence-electron chi connectivity index (χ1n) is 3.82. The zero-order valence-corrected chi connectivity index (χ0v) is 7.22. The van der Waals surface area contributed by atoms with Gasteiger partial charge in [0, 0.05) is 11.6 Å². The fourth-order valence-electron chi connectivity index (χ4n) is 1.04. The van der Waals surface area contributed by atoms with Crippen LogP contribution in [0.15, 0.2) is 18.2 Å². The molecule has 13 heavy (non-hydrogen) atoms. The largest absolute Gasteiger partial charge is 0.394 e. The maximum absolute atomic E-state index is 13.1. The number of hydrogen-bond acceptors (Lipinski definition) is 2. The summed E-state index contributed by atoms with van der Waals surface area (Å²) in [6.07, 6.45) is 0. The Bertz CT molecular complexity index is 312. The van der Waals surface area contributed by atoms with Crippen LogP contribution >= 0.6 is 0 Å². The van der Waals surface area contributed by atoms with Crippen LogP contribution in [0.5, 0.6) is 0 Å². The highest BCUT2D eigenvalue weighted by molar-refractivity contribution is 5.25. The lowest BCUT2D eigenvalue weighted by Crippen LogP contribution is -2.37. The van der Waals surface area contributed by atoms with Crippen LogP contribution in [0.3, 0.4) is 0 Å². The molecule has 0 unspecified atom stereocenters. The molecule has 1 atom stereocenters. The van der Waals surface area contributed by atoms with Crippen molar-refractivity contribution in [2.45, 2.75) is 12.5 Å². The van der Waals surface area contributed by atoms with Crippen molar-refractivity contribution >= 4 is 0 Å². The topological polar surface area (TPSA) is 46.2 Å². The fourth-order valence-corrected chi connectivity index (χ4v) is 1.04. The maximum Gasteiger partial charge on any atom is 0.131 e. The number of rotatable bonds is 2. The Hall–Kier alpha value is -1.00. The highest BCUT2D eigenvalue weighted by atomic mass is 19.1. The van der Waals surface area contributed by atoms with Crippen molar-refractivity contribution in [2.24, 2.45) is 5.73 Å². The number of hydrogen-bond donors (Lipinski definition) is 2. The standard InChI is InChI=1S/C9H11F2NO/c1-9(12,5-13)7-3-2-6(10)4-8(7)11/h2-4,13H,5,12H2,1H3/t9-/m0/s1. The van der Waals surface area contributed by atoms with E-state index in [4.69, 9.17) is 10.8 Å². The highest BCUT2D eigenvalue weighted by Crippen LogP contribution is 2.20. The molecule has 3 N–H and O–H groups in total. The fraction of sp³-hybridized carbons (Fsp3) is 0.333. The number of aliphatic hydroxyl groups is 1.